The molecule has 0 aliphatic heterocycles. The third-order valence-electron chi connectivity index (χ3n) is 4.07. The number of aryl methyl sites for hydroxylation is 1. The molecule has 0 aromatic heterocycles. The van der Waals surface area contributed by atoms with Gasteiger partial charge in [0.15, 0.2) is 0 Å². The zero-order valence-corrected chi connectivity index (χ0v) is 11.9. The Labute approximate surface area is 115 Å². The molecule has 0 bridgehead atoms. The summed E-state index contributed by atoms with van der Waals surface area (Å²) < 4.78 is 13.2. The van der Waals surface area contributed by atoms with Gasteiger partial charge in [-0.2, -0.15) is 0 Å². The first kappa shape index (κ1) is 14.5. The molecule has 0 spiro atoms. The summed E-state index contributed by atoms with van der Waals surface area (Å²) in [5.74, 6) is 0.442. The Morgan fingerprint density at radius 3 is 2.95 bits per heavy atom. The van der Waals surface area contributed by atoms with E-state index in [-0.39, 0.29) is 5.82 Å². The minimum absolute atomic E-state index is 0.163. The van der Waals surface area contributed by atoms with Gasteiger partial charge in [-0.3, -0.25) is 0 Å². The molecule has 106 valence electrons. The third-order valence-corrected chi connectivity index (χ3v) is 4.07. The maximum Gasteiger partial charge on any atom is 0.126 e. The second-order valence-electron chi connectivity index (χ2n) is 6.11. The van der Waals surface area contributed by atoms with E-state index >= 15 is 0 Å². The lowest BCUT2D eigenvalue weighted by Crippen LogP contribution is -2.43. The van der Waals surface area contributed by atoms with Crippen LogP contribution in [0.1, 0.15) is 43.7 Å². The van der Waals surface area contributed by atoms with E-state index < -0.39 is 5.60 Å². The van der Waals surface area contributed by atoms with Crippen molar-refractivity contribution in [1.29, 1.82) is 0 Å². The molecule has 2 rings (SSSR count). The fraction of sp³-hybridized carbons (Fsp3) is 0.625. The van der Waals surface area contributed by atoms with Crippen LogP contribution in [0.5, 0.6) is 0 Å². The summed E-state index contributed by atoms with van der Waals surface area (Å²) in [6.07, 6.45) is 4.09. The number of nitrogens with one attached hydrogen (secondary N) is 1. The topological polar surface area (TPSA) is 32.3 Å². The number of hydrogen-bond acceptors (Lipinski definition) is 2. The maximum atomic E-state index is 13.2. The first-order chi connectivity index (χ1) is 8.98. The van der Waals surface area contributed by atoms with Crippen molar-refractivity contribution in [3.8, 4) is 0 Å². The number of benzene rings is 1. The van der Waals surface area contributed by atoms with Gasteiger partial charge in [0, 0.05) is 13.1 Å². The van der Waals surface area contributed by atoms with Gasteiger partial charge in [-0.15, -0.1) is 0 Å². The highest BCUT2D eigenvalue weighted by Gasteiger charge is 2.31. The molecule has 0 radical (unpaired) electrons. The zero-order chi connectivity index (χ0) is 13.9. The molecule has 0 saturated heterocycles. The smallest absolute Gasteiger partial charge is 0.126 e. The third kappa shape index (κ3) is 4.02. The minimum atomic E-state index is -0.563. The van der Waals surface area contributed by atoms with Crippen molar-refractivity contribution in [2.45, 2.75) is 51.7 Å². The Bertz CT molecular complexity index is 435. The zero-order valence-electron chi connectivity index (χ0n) is 11.9. The molecule has 2 N–H and O–H groups in total. The molecular weight excluding hydrogens is 241 g/mol. The van der Waals surface area contributed by atoms with Crippen molar-refractivity contribution in [2.75, 3.05) is 6.54 Å². The summed E-state index contributed by atoms with van der Waals surface area (Å²) >= 11 is 0. The van der Waals surface area contributed by atoms with Crippen LogP contribution in [0.2, 0.25) is 0 Å². The SMILES string of the molecule is Cc1cc(CNCC2(O)CCCC(C)C2)ccc1F. The van der Waals surface area contributed by atoms with Crippen molar-refractivity contribution in [3.05, 3.63) is 35.1 Å². The van der Waals surface area contributed by atoms with Gasteiger partial charge in [0.05, 0.1) is 5.60 Å². The molecule has 3 heteroatoms. The van der Waals surface area contributed by atoms with Crippen LogP contribution in [0.3, 0.4) is 0 Å². The number of rotatable bonds is 4. The standard InChI is InChI=1S/C16H24FNO/c1-12-4-3-7-16(19,9-12)11-18-10-14-5-6-15(17)13(2)8-14/h5-6,8,12,18-19H,3-4,7,9-11H2,1-2H3. The van der Waals surface area contributed by atoms with E-state index in [1.807, 2.05) is 6.07 Å². The van der Waals surface area contributed by atoms with Crippen LogP contribution in [0.15, 0.2) is 18.2 Å². The lowest BCUT2D eigenvalue weighted by Gasteiger charge is -2.35. The van der Waals surface area contributed by atoms with Crippen LogP contribution in [0, 0.1) is 18.7 Å². The molecule has 19 heavy (non-hydrogen) atoms. The van der Waals surface area contributed by atoms with Crippen LogP contribution in [0.25, 0.3) is 0 Å². The van der Waals surface area contributed by atoms with Crippen molar-refractivity contribution in [3.63, 3.8) is 0 Å². The summed E-state index contributed by atoms with van der Waals surface area (Å²) in [5, 5.41) is 13.8. The quantitative estimate of drug-likeness (QED) is 0.876. The van der Waals surface area contributed by atoms with E-state index in [9.17, 15) is 9.50 Å². The van der Waals surface area contributed by atoms with Crippen LogP contribution >= 0.6 is 0 Å². The number of hydrogen-bond donors (Lipinski definition) is 2. The summed E-state index contributed by atoms with van der Waals surface area (Å²) in [5.41, 5.74) is 1.17. The Morgan fingerprint density at radius 2 is 2.26 bits per heavy atom. The highest BCUT2D eigenvalue weighted by Crippen LogP contribution is 2.31. The predicted molar refractivity (Wildman–Crippen MR) is 75.4 cm³/mol. The molecule has 2 atom stereocenters. The molecule has 1 fully saturated rings. The molecule has 2 nitrogen and oxygen atoms in total. The van der Waals surface area contributed by atoms with E-state index in [2.05, 4.69) is 12.2 Å². The number of halogens is 1. The lowest BCUT2D eigenvalue weighted by molar-refractivity contribution is -0.0119. The van der Waals surface area contributed by atoms with Gasteiger partial charge >= 0.3 is 0 Å². The second-order valence-corrected chi connectivity index (χ2v) is 6.11. The van der Waals surface area contributed by atoms with E-state index in [1.165, 1.54) is 12.5 Å². The van der Waals surface area contributed by atoms with Gasteiger partial charge < -0.3 is 10.4 Å². The van der Waals surface area contributed by atoms with Crippen LogP contribution in [-0.2, 0) is 6.54 Å². The largest absolute Gasteiger partial charge is 0.389 e. The summed E-state index contributed by atoms with van der Waals surface area (Å²) in [7, 11) is 0. The van der Waals surface area contributed by atoms with Crippen LogP contribution in [0.4, 0.5) is 4.39 Å². The maximum absolute atomic E-state index is 13.2. The van der Waals surface area contributed by atoms with Crippen LogP contribution < -0.4 is 5.32 Å². The summed E-state index contributed by atoms with van der Waals surface area (Å²) in [6, 6.07) is 5.16. The first-order valence-corrected chi connectivity index (χ1v) is 7.17. The Hall–Kier alpha value is -0.930. The molecule has 1 aliphatic carbocycles. The van der Waals surface area contributed by atoms with Crippen molar-refractivity contribution in [1.82, 2.24) is 5.32 Å². The Kier molecular flexibility index (Phi) is 4.58. The molecule has 1 aliphatic rings. The molecule has 1 aromatic rings. The molecule has 1 aromatic carbocycles. The fourth-order valence-electron chi connectivity index (χ4n) is 3.05. The van der Waals surface area contributed by atoms with Gasteiger partial charge in [-0.05, 0) is 42.9 Å². The van der Waals surface area contributed by atoms with E-state index in [4.69, 9.17) is 0 Å². The summed E-state index contributed by atoms with van der Waals surface area (Å²) in [4.78, 5) is 0. The monoisotopic (exact) mass is 265 g/mol. The van der Waals surface area contributed by atoms with Crippen molar-refractivity contribution >= 4 is 0 Å². The fourth-order valence-corrected chi connectivity index (χ4v) is 3.05. The molecule has 2 unspecified atom stereocenters. The molecule has 0 heterocycles. The Balaban J connectivity index is 1.84. The second kappa shape index (κ2) is 6.02. The van der Waals surface area contributed by atoms with E-state index in [0.29, 0.717) is 24.6 Å². The minimum Gasteiger partial charge on any atom is -0.389 e. The lowest BCUT2D eigenvalue weighted by atomic mass is 9.79. The summed E-state index contributed by atoms with van der Waals surface area (Å²) in [6.45, 7) is 5.27. The number of aliphatic hydroxyl groups is 1. The molecule has 1 saturated carbocycles. The van der Waals surface area contributed by atoms with Gasteiger partial charge in [-0.25, -0.2) is 4.39 Å². The average Bonchev–Trinajstić information content (AvgIpc) is 2.33. The van der Waals surface area contributed by atoms with E-state index in [0.717, 1.165) is 24.8 Å². The predicted octanol–water partition coefficient (Wildman–Crippen LogP) is 3.16. The highest BCUT2D eigenvalue weighted by molar-refractivity contribution is 5.23. The van der Waals surface area contributed by atoms with Crippen molar-refractivity contribution < 1.29 is 9.50 Å². The van der Waals surface area contributed by atoms with Gasteiger partial charge in [0.1, 0.15) is 5.82 Å². The van der Waals surface area contributed by atoms with Crippen molar-refractivity contribution in [2.24, 2.45) is 5.92 Å². The Morgan fingerprint density at radius 1 is 1.47 bits per heavy atom. The molecular formula is C16H24FNO. The van der Waals surface area contributed by atoms with Crippen LogP contribution in [-0.4, -0.2) is 17.3 Å². The highest BCUT2D eigenvalue weighted by atomic mass is 19.1. The van der Waals surface area contributed by atoms with E-state index in [1.54, 1.807) is 13.0 Å². The average molecular weight is 265 g/mol. The van der Waals surface area contributed by atoms with Gasteiger partial charge in [0.25, 0.3) is 0 Å². The van der Waals surface area contributed by atoms with Gasteiger partial charge in [0.2, 0.25) is 0 Å². The molecule has 0 amide bonds. The first-order valence-electron chi connectivity index (χ1n) is 7.17. The normalized spacial score (nSPS) is 27.5. The van der Waals surface area contributed by atoms with Gasteiger partial charge in [-0.1, -0.05) is 31.9 Å².